The number of nitrogens with one attached hydrogen (secondary N) is 2. The van der Waals surface area contributed by atoms with E-state index in [1.54, 1.807) is 35.8 Å². The molecule has 0 aliphatic carbocycles. The van der Waals surface area contributed by atoms with Gasteiger partial charge in [-0.05, 0) is 50.2 Å². The zero-order chi connectivity index (χ0) is 23.8. The minimum Gasteiger partial charge on any atom is -0.325 e. The molecule has 11 heteroatoms. The molecule has 0 atom stereocenters. The topological polar surface area (TPSA) is 127 Å². The number of amides is 1. The van der Waals surface area contributed by atoms with Gasteiger partial charge in [0.1, 0.15) is 6.54 Å². The molecule has 0 bridgehead atoms. The van der Waals surface area contributed by atoms with Crippen LogP contribution in [0.3, 0.4) is 0 Å². The van der Waals surface area contributed by atoms with Gasteiger partial charge in [-0.2, -0.15) is 9.50 Å². The van der Waals surface area contributed by atoms with Crippen LogP contribution in [0.15, 0.2) is 59.4 Å². The molecule has 33 heavy (non-hydrogen) atoms. The molecule has 0 aliphatic rings. The third kappa shape index (κ3) is 5.09. The van der Waals surface area contributed by atoms with Crippen molar-refractivity contribution in [1.82, 2.24) is 19.2 Å². The number of hydrogen-bond acceptors (Lipinski definition) is 6. The van der Waals surface area contributed by atoms with E-state index < -0.39 is 10.0 Å². The van der Waals surface area contributed by atoms with Crippen molar-refractivity contribution in [3.63, 3.8) is 0 Å². The summed E-state index contributed by atoms with van der Waals surface area (Å²) in [6.07, 6.45) is 1.07. The van der Waals surface area contributed by atoms with E-state index in [9.17, 15) is 18.0 Å². The average Bonchev–Trinajstić information content (AvgIpc) is 3.18. The Morgan fingerprint density at radius 3 is 2.27 bits per heavy atom. The van der Waals surface area contributed by atoms with E-state index in [1.807, 2.05) is 31.2 Å². The van der Waals surface area contributed by atoms with Crippen LogP contribution in [0.1, 0.15) is 11.3 Å². The number of nitrogens with zero attached hydrogens (tertiary/aromatic N) is 4. The van der Waals surface area contributed by atoms with Gasteiger partial charge in [0.15, 0.2) is 5.82 Å². The smallest absolute Gasteiger partial charge is 0.275 e. The van der Waals surface area contributed by atoms with Crippen LogP contribution in [0.2, 0.25) is 0 Å². The zero-order valence-electron chi connectivity index (χ0n) is 18.2. The van der Waals surface area contributed by atoms with Crippen LogP contribution in [0.5, 0.6) is 0 Å². The van der Waals surface area contributed by atoms with Gasteiger partial charge < -0.3 is 9.88 Å². The van der Waals surface area contributed by atoms with Gasteiger partial charge in [0.25, 0.3) is 5.56 Å². The SMILES string of the molecule is Cc1ccc(NC(=O)Cn2c(C)cc(=O)n3nc(-c4ccc(NS(C)(=O)=O)cc4)nc23)cc1. The molecule has 0 saturated heterocycles. The number of aromatic nitrogens is 4. The second-order valence-electron chi connectivity index (χ2n) is 7.72. The maximum absolute atomic E-state index is 12.7. The highest BCUT2D eigenvalue weighted by Crippen LogP contribution is 2.20. The van der Waals surface area contributed by atoms with Crippen LogP contribution in [-0.4, -0.2) is 39.7 Å². The summed E-state index contributed by atoms with van der Waals surface area (Å²) in [6.45, 7) is 3.63. The molecule has 0 saturated carbocycles. The van der Waals surface area contributed by atoms with Crippen LogP contribution in [-0.2, 0) is 21.4 Å². The Morgan fingerprint density at radius 2 is 1.64 bits per heavy atom. The highest BCUT2D eigenvalue weighted by molar-refractivity contribution is 7.92. The molecule has 0 spiro atoms. The fourth-order valence-corrected chi connectivity index (χ4v) is 3.87. The third-order valence-electron chi connectivity index (χ3n) is 4.88. The first kappa shape index (κ1) is 22.2. The van der Waals surface area contributed by atoms with Gasteiger partial charge in [-0.15, -0.1) is 5.10 Å². The third-order valence-corrected chi connectivity index (χ3v) is 5.49. The quantitative estimate of drug-likeness (QED) is 0.448. The standard InChI is InChI=1S/C22H22N6O4S/c1-14-4-8-17(9-5-14)23-19(29)13-27-15(2)12-20(30)28-22(27)24-21(25-28)16-6-10-18(11-7-16)26-33(3,31)32/h4-12,26H,13H2,1-3H3,(H,23,29). The highest BCUT2D eigenvalue weighted by atomic mass is 32.2. The van der Waals surface area contributed by atoms with Gasteiger partial charge in [0.05, 0.1) is 6.26 Å². The van der Waals surface area contributed by atoms with E-state index in [0.717, 1.165) is 16.3 Å². The van der Waals surface area contributed by atoms with Gasteiger partial charge >= 0.3 is 0 Å². The van der Waals surface area contributed by atoms with Crippen LogP contribution in [0.4, 0.5) is 11.4 Å². The zero-order valence-corrected chi connectivity index (χ0v) is 19.0. The molecule has 0 radical (unpaired) electrons. The van der Waals surface area contributed by atoms with Crippen molar-refractivity contribution in [3.05, 3.63) is 76.2 Å². The average molecular weight is 467 g/mol. The molecule has 2 aromatic carbocycles. The Morgan fingerprint density at radius 1 is 1.00 bits per heavy atom. The largest absolute Gasteiger partial charge is 0.325 e. The fourth-order valence-electron chi connectivity index (χ4n) is 3.30. The molecule has 2 N–H and O–H groups in total. The summed E-state index contributed by atoms with van der Waals surface area (Å²) in [5, 5.41) is 7.13. The minimum absolute atomic E-state index is 0.0567. The molecule has 4 aromatic rings. The molecule has 1 amide bonds. The first-order chi connectivity index (χ1) is 15.6. The van der Waals surface area contributed by atoms with Gasteiger partial charge in [0.2, 0.25) is 21.7 Å². The molecule has 2 heterocycles. The Hall–Kier alpha value is -3.99. The van der Waals surface area contributed by atoms with Gasteiger partial charge in [-0.1, -0.05) is 17.7 Å². The molecule has 0 unspecified atom stereocenters. The van der Waals surface area contributed by atoms with Crippen molar-refractivity contribution in [2.24, 2.45) is 0 Å². The molecule has 2 aromatic heterocycles. The van der Waals surface area contributed by atoms with Crippen molar-refractivity contribution < 1.29 is 13.2 Å². The number of benzene rings is 2. The lowest BCUT2D eigenvalue weighted by Gasteiger charge is -2.11. The molecule has 10 nitrogen and oxygen atoms in total. The monoisotopic (exact) mass is 466 g/mol. The second-order valence-corrected chi connectivity index (χ2v) is 9.47. The number of carbonyl (C=O) groups excluding carboxylic acids is 1. The number of hydrogen-bond donors (Lipinski definition) is 2. The molecular formula is C22H22N6O4S. The normalized spacial score (nSPS) is 11.5. The first-order valence-electron chi connectivity index (χ1n) is 10.0. The van der Waals surface area contributed by atoms with Crippen LogP contribution in [0, 0.1) is 13.8 Å². The summed E-state index contributed by atoms with van der Waals surface area (Å²) in [5.41, 5.74) is 2.94. The highest BCUT2D eigenvalue weighted by Gasteiger charge is 2.16. The van der Waals surface area contributed by atoms with E-state index in [4.69, 9.17) is 0 Å². The van der Waals surface area contributed by atoms with Crippen molar-refractivity contribution in [2.75, 3.05) is 16.3 Å². The molecule has 170 valence electrons. The van der Waals surface area contributed by atoms with Crippen molar-refractivity contribution in [2.45, 2.75) is 20.4 Å². The number of aryl methyl sites for hydroxylation is 2. The second kappa shape index (κ2) is 8.51. The van der Waals surface area contributed by atoms with Crippen LogP contribution >= 0.6 is 0 Å². The van der Waals surface area contributed by atoms with Crippen molar-refractivity contribution in [1.29, 1.82) is 0 Å². The minimum atomic E-state index is -3.40. The first-order valence-corrected chi connectivity index (χ1v) is 11.9. The van der Waals surface area contributed by atoms with Gasteiger partial charge in [-0.25, -0.2) is 8.42 Å². The maximum atomic E-state index is 12.7. The maximum Gasteiger partial charge on any atom is 0.275 e. The van der Waals surface area contributed by atoms with Crippen LogP contribution < -0.4 is 15.6 Å². The van der Waals surface area contributed by atoms with Gasteiger partial charge in [0, 0.05) is 28.7 Å². The van der Waals surface area contributed by atoms with E-state index in [-0.39, 0.29) is 29.6 Å². The van der Waals surface area contributed by atoms with Gasteiger partial charge in [-0.3, -0.25) is 14.3 Å². The van der Waals surface area contributed by atoms with E-state index in [2.05, 4.69) is 20.1 Å². The van der Waals surface area contributed by atoms with E-state index >= 15 is 0 Å². The lowest BCUT2D eigenvalue weighted by Crippen LogP contribution is -2.25. The summed E-state index contributed by atoms with van der Waals surface area (Å²) in [4.78, 5) is 29.6. The fraction of sp³-hybridized carbons (Fsp3) is 0.182. The number of rotatable bonds is 6. The Labute approximate surface area is 190 Å². The summed E-state index contributed by atoms with van der Waals surface area (Å²) in [5.74, 6) is 0.233. The van der Waals surface area contributed by atoms with E-state index in [0.29, 0.717) is 22.6 Å². The summed E-state index contributed by atoms with van der Waals surface area (Å²) in [6, 6.07) is 15.3. The molecular weight excluding hydrogens is 444 g/mol. The van der Waals surface area contributed by atoms with Crippen molar-refractivity contribution >= 4 is 33.1 Å². The number of anilines is 2. The Bertz CT molecular complexity index is 1500. The summed E-state index contributed by atoms with van der Waals surface area (Å²) >= 11 is 0. The lowest BCUT2D eigenvalue weighted by atomic mass is 10.2. The lowest BCUT2D eigenvalue weighted by molar-refractivity contribution is -0.116. The Balaban J connectivity index is 1.65. The van der Waals surface area contributed by atoms with Crippen LogP contribution in [0.25, 0.3) is 17.2 Å². The van der Waals surface area contributed by atoms with Crippen molar-refractivity contribution in [3.8, 4) is 11.4 Å². The summed E-state index contributed by atoms with van der Waals surface area (Å²) in [7, 11) is -3.40. The Kier molecular flexibility index (Phi) is 5.73. The summed E-state index contributed by atoms with van der Waals surface area (Å²) < 4.78 is 27.9. The predicted octanol–water partition coefficient (Wildman–Crippen LogP) is 2.19. The molecule has 4 rings (SSSR count). The molecule has 0 aliphatic heterocycles. The number of carbonyl (C=O) groups is 1. The number of fused-ring (bicyclic) bond motifs is 1. The molecule has 0 fully saturated rings. The predicted molar refractivity (Wildman–Crippen MR) is 126 cm³/mol. The number of sulfonamides is 1. The van der Waals surface area contributed by atoms with E-state index in [1.165, 1.54) is 6.07 Å².